The molecular formula is C19H22N2O4S. The number of anilines is 1. The van der Waals surface area contributed by atoms with E-state index in [4.69, 9.17) is 4.74 Å². The molecule has 0 radical (unpaired) electrons. The van der Waals surface area contributed by atoms with Crippen LogP contribution in [0.15, 0.2) is 11.8 Å². The van der Waals surface area contributed by atoms with Crippen molar-refractivity contribution >= 4 is 33.9 Å². The van der Waals surface area contributed by atoms with Gasteiger partial charge in [0.05, 0.1) is 17.7 Å². The predicted octanol–water partition coefficient (Wildman–Crippen LogP) is 2.58. The summed E-state index contributed by atoms with van der Waals surface area (Å²) in [5, 5.41) is 5.97. The number of aryl methyl sites for hydroxylation is 1. The van der Waals surface area contributed by atoms with Gasteiger partial charge in [0.25, 0.3) is 11.8 Å². The first-order valence-corrected chi connectivity index (χ1v) is 9.99. The highest BCUT2D eigenvalue weighted by molar-refractivity contribution is 7.17. The van der Waals surface area contributed by atoms with E-state index >= 15 is 0 Å². The van der Waals surface area contributed by atoms with E-state index < -0.39 is 5.91 Å². The fraction of sp³-hybridized carbons (Fsp3) is 0.526. The molecule has 26 heavy (non-hydrogen) atoms. The van der Waals surface area contributed by atoms with Crippen LogP contribution in [0, 0.1) is 5.92 Å². The maximum atomic E-state index is 12.7. The maximum Gasteiger partial charge on any atom is 0.263 e. The molecule has 0 aromatic carbocycles. The van der Waals surface area contributed by atoms with Crippen LogP contribution in [0.5, 0.6) is 0 Å². The molecule has 6 nitrogen and oxygen atoms in total. The zero-order valence-corrected chi connectivity index (χ0v) is 15.5. The van der Waals surface area contributed by atoms with Gasteiger partial charge in [-0.15, -0.1) is 11.3 Å². The van der Waals surface area contributed by atoms with E-state index in [9.17, 15) is 14.4 Å². The minimum absolute atomic E-state index is 0.0598. The van der Waals surface area contributed by atoms with E-state index in [1.165, 1.54) is 17.6 Å². The summed E-state index contributed by atoms with van der Waals surface area (Å²) in [4.78, 5) is 38.9. The molecule has 2 unspecified atom stereocenters. The Balaban J connectivity index is 1.58. The minimum Gasteiger partial charge on any atom is -0.496 e. The third-order valence-electron chi connectivity index (χ3n) is 5.51. The molecule has 2 N–H and O–H groups in total. The van der Waals surface area contributed by atoms with Crippen molar-refractivity contribution in [2.75, 3.05) is 12.4 Å². The molecule has 7 heteroatoms. The second kappa shape index (κ2) is 6.87. The van der Waals surface area contributed by atoms with Crippen LogP contribution in [0.25, 0.3) is 0 Å². The van der Waals surface area contributed by atoms with Crippen LogP contribution >= 0.6 is 11.3 Å². The van der Waals surface area contributed by atoms with E-state index in [0.29, 0.717) is 10.6 Å². The summed E-state index contributed by atoms with van der Waals surface area (Å²) in [5.74, 6) is -1.04. The monoisotopic (exact) mass is 374 g/mol. The van der Waals surface area contributed by atoms with Crippen molar-refractivity contribution in [3.63, 3.8) is 0 Å². The second-order valence-corrected chi connectivity index (χ2v) is 8.16. The lowest BCUT2D eigenvalue weighted by Gasteiger charge is -2.33. The molecule has 2 atom stereocenters. The zero-order chi connectivity index (χ0) is 18.3. The predicted molar refractivity (Wildman–Crippen MR) is 98.3 cm³/mol. The zero-order valence-electron chi connectivity index (χ0n) is 14.7. The summed E-state index contributed by atoms with van der Waals surface area (Å²) in [6.07, 6.45) is 7.69. The third-order valence-corrected chi connectivity index (χ3v) is 6.72. The minimum atomic E-state index is -0.482. The summed E-state index contributed by atoms with van der Waals surface area (Å²) in [7, 11) is 1.58. The number of amides is 2. The van der Waals surface area contributed by atoms with Crippen LogP contribution in [0.4, 0.5) is 5.00 Å². The molecule has 2 amide bonds. The van der Waals surface area contributed by atoms with Crippen molar-refractivity contribution in [1.82, 2.24) is 5.32 Å². The van der Waals surface area contributed by atoms with E-state index in [2.05, 4.69) is 10.6 Å². The first kappa shape index (κ1) is 17.3. The van der Waals surface area contributed by atoms with Gasteiger partial charge >= 0.3 is 0 Å². The number of hydrogen-bond donors (Lipinski definition) is 2. The molecule has 1 aromatic rings. The summed E-state index contributed by atoms with van der Waals surface area (Å²) in [6, 6.07) is 0. The Bertz CT molecular complexity index is 811. The standard InChI is InChI=1S/C19H22N2O4S/c1-20-18(24)15-11-6-4-8-14(11)26-19(15)21-17(23)12-9-25-13-7-3-2-5-10(13)16(12)22/h9-10,13H,2-8H2,1H3,(H,20,24)(H,21,23). The highest BCUT2D eigenvalue weighted by atomic mass is 32.1. The summed E-state index contributed by atoms with van der Waals surface area (Å²) < 4.78 is 5.66. The average molecular weight is 374 g/mol. The van der Waals surface area contributed by atoms with Gasteiger partial charge in [-0.05, 0) is 44.1 Å². The Morgan fingerprint density at radius 3 is 2.77 bits per heavy atom. The smallest absolute Gasteiger partial charge is 0.263 e. The van der Waals surface area contributed by atoms with Crippen molar-refractivity contribution in [2.45, 2.75) is 51.0 Å². The number of ketones is 1. The van der Waals surface area contributed by atoms with Gasteiger partial charge in [0.2, 0.25) is 0 Å². The van der Waals surface area contributed by atoms with Crippen LogP contribution < -0.4 is 10.6 Å². The molecule has 1 saturated carbocycles. The number of Topliss-reactive ketones (excluding diaryl/α,β-unsaturated/α-hetero) is 1. The van der Waals surface area contributed by atoms with E-state index in [0.717, 1.165) is 55.4 Å². The number of hydrogen-bond acceptors (Lipinski definition) is 5. The second-order valence-electron chi connectivity index (χ2n) is 7.06. The Hall–Kier alpha value is -2.15. The summed E-state index contributed by atoms with van der Waals surface area (Å²) in [5.41, 5.74) is 1.63. The summed E-state index contributed by atoms with van der Waals surface area (Å²) >= 11 is 1.44. The van der Waals surface area contributed by atoms with E-state index in [-0.39, 0.29) is 29.3 Å². The molecule has 0 saturated heterocycles. The summed E-state index contributed by atoms with van der Waals surface area (Å²) in [6.45, 7) is 0. The number of carbonyl (C=O) groups excluding carboxylic acids is 3. The van der Waals surface area contributed by atoms with Crippen molar-refractivity contribution in [3.8, 4) is 0 Å². The van der Waals surface area contributed by atoms with Gasteiger partial charge in [0, 0.05) is 11.9 Å². The maximum absolute atomic E-state index is 12.7. The van der Waals surface area contributed by atoms with Crippen LogP contribution in [-0.2, 0) is 27.2 Å². The van der Waals surface area contributed by atoms with Gasteiger partial charge in [0.1, 0.15) is 16.7 Å². The van der Waals surface area contributed by atoms with Crippen molar-refractivity contribution in [2.24, 2.45) is 5.92 Å². The fourth-order valence-electron chi connectivity index (χ4n) is 4.17. The molecule has 3 aliphatic rings. The number of carbonyl (C=O) groups is 3. The van der Waals surface area contributed by atoms with Crippen molar-refractivity contribution in [3.05, 3.63) is 27.8 Å². The van der Waals surface area contributed by atoms with Gasteiger partial charge in [-0.1, -0.05) is 6.42 Å². The topological polar surface area (TPSA) is 84.5 Å². The van der Waals surface area contributed by atoms with Crippen LogP contribution in [-0.4, -0.2) is 30.7 Å². The highest BCUT2D eigenvalue weighted by Gasteiger charge is 2.39. The first-order chi connectivity index (χ1) is 12.6. The van der Waals surface area contributed by atoms with Gasteiger partial charge < -0.3 is 15.4 Å². The average Bonchev–Trinajstić information content (AvgIpc) is 3.22. The quantitative estimate of drug-likeness (QED) is 0.797. The number of rotatable bonds is 3. The number of fused-ring (bicyclic) bond motifs is 2. The largest absolute Gasteiger partial charge is 0.496 e. The highest BCUT2D eigenvalue weighted by Crippen LogP contribution is 2.40. The molecule has 2 heterocycles. The normalized spacial score (nSPS) is 24.2. The molecule has 138 valence electrons. The lowest BCUT2D eigenvalue weighted by atomic mass is 9.80. The molecular weight excluding hydrogens is 352 g/mol. The molecule has 0 spiro atoms. The Kier molecular flexibility index (Phi) is 4.56. The molecule has 1 aromatic heterocycles. The molecule has 2 aliphatic carbocycles. The van der Waals surface area contributed by atoms with Gasteiger partial charge in [-0.3, -0.25) is 14.4 Å². The van der Waals surface area contributed by atoms with Crippen molar-refractivity contribution < 1.29 is 19.1 Å². The Morgan fingerprint density at radius 2 is 1.96 bits per heavy atom. The number of ether oxygens (including phenoxy) is 1. The molecule has 1 fully saturated rings. The molecule has 1 aliphatic heterocycles. The van der Waals surface area contributed by atoms with Crippen molar-refractivity contribution in [1.29, 1.82) is 0 Å². The number of thiophene rings is 1. The lowest BCUT2D eigenvalue weighted by molar-refractivity contribution is -0.129. The van der Waals surface area contributed by atoms with Crippen LogP contribution in [0.2, 0.25) is 0 Å². The Labute approximate surface area is 156 Å². The fourth-order valence-corrected chi connectivity index (χ4v) is 5.45. The van der Waals surface area contributed by atoms with E-state index in [1.807, 2.05) is 0 Å². The third kappa shape index (κ3) is 2.84. The van der Waals surface area contributed by atoms with Gasteiger partial charge in [-0.2, -0.15) is 0 Å². The SMILES string of the molecule is CNC(=O)c1c(NC(=O)C2=COC3CCCCC3C2=O)sc2c1CCC2. The van der Waals surface area contributed by atoms with Crippen LogP contribution in [0.3, 0.4) is 0 Å². The first-order valence-electron chi connectivity index (χ1n) is 9.18. The number of nitrogens with one attached hydrogen (secondary N) is 2. The molecule has 0 bridgehead atoms. The molecule has 4 rings (SSSR count). The van der Waals surface area contributed by atoms with Crippen LogP contribution in [0.1, 0.15) is 52.9 Å². The van der Waals surface area contributed by atoms with Gasteiger partial charge in [0.15, 0.2) is 5.78 Å². The Morgan fingerprint density at radius 1 is 1.15 bits per heavy atom. The van der Waals surface area contributed by atoms with E-state index in [1.54, 1.807) is 7.05 Å². The van der Waals surface area contributed by atoms with Gasteiger partial charge in [-0.25, -0.2) is 0 Å². The lowest BCUT2D eigenvalue weighted by Crippen LogP contribution is -2.39.